The zero-order valence-electron chi connectivity index (χ0n) is 16.8. The Morgan fingerprint density at radius 3 is 2.37 bits per heavy atom. The number of pyridine rings is 1. The quantitative estimate of drug-likeness (QED) is 0.467. The fourth-order valence-electron chi connectivity index (χ4n) is 2.76. The number of anilines is 1. The van der Waals surface area contributed by atoms with Crippen molar-refractivity contribution in [1.82, 2.24) is 20.5 Å². The lowest BCUT2D eigenvalue weighted by Gasteiger charge is -2.07. The van der Waals surface area contributed by atoms with Gasteiger partial charge in [-0.2, -0.15) is 0 Å². The van der Waals surface area contributed by atoms with Crippen LogP contribution in [0.1, 0.15) is 13.8 Å². The summed E-state index contributed by atoms with van der Waals surface area (Å²) in [7, 11) is 1.56. The average Bonchev–Trinajstić information content (AvgIpc) is 3.30. The van der Waals surface area contributed by atoms with E-state index >= 15 is 0 Å². The highest BCUT2D eigenvalue weighted by atomic mass is 32.1. The van der Waals surface area contributed by atoms with Gasteiger partial charge in [0.2, 0.25) is 0 Å². The van der Waals surface area contributed by atoms with Gasteiger partial charge in [-0.05, 0) is 43.5 Å². The maximum atomic E-state index is 12.7. The number of benzene rings is 1. The Balaban J connectivity index is 1.80. The summed E-state index contributed by atoms with van der Waals surface area (Å²) in [5, 5.41) is 16.1. The van der Waals surface area contributed by atoms with Gasteiger partial charge in [0.05, 0.1) is 0 Å². The van der Waals surface area contributed by atoms with Crippen LogP contribution >= 0.6 is 11.3 Å². The Kier molecular flexibility index (Phi) is 6.82. The van der Waals surface area contributed by atoms with Crippen LogP contribution in [0, 0.1) is 0 Å². The van der Waals surface area contributed by atoms with Gasteiger partial charge in [-0.3, -0.25) is 9.59 Å². The second-order valence-corrected chi connectivity index (χ2v) is 7.06. The first-order valence-electron chi connectivity index (χ1n) is 9.26. The molecule has 0 aliphatic carbocycles. The molecule has 2 aromatic heterocycles. The van der Waals surface area contributed by atoms with Crippen LogP contribution in [0.4, 0.5) is 5.82 Å². The number of fused-ring (bicyclic) bond motifs is 1. The van der Waals surface area contributed by atoms with Crippen LogP contribution < -0.4 is 10.6 Å². The monoisotopic (exact) mass is 419 g/mol. The number of carbonyl (C=O) groups is 2. The van der Waals surface area contributed by atoms with Crippen molar-refractivity contribution in [2.24, 2.45) is 0 Å². The van der Waals surface area contributed by atoms with E-state index in [4.69, 9.17) is 0 Å². The van der Waals surface area contributed by atoms with Gasteiger partial charge in [0, 0.05) is 35.3 Å². The van der Waals surface area contributed by atoms with Crippen molar-refractivity contribution in [2.45, 2.75) is 13.8 Å². The summed E-state index contributed by atoms with van der Waals surface area (Å²) >= 11 is 1.46. The second kappa shape index (κ2) is 9.71. The lowest BCUT2D eigenvalue weighted by Crippen LogP contribution is -2.19. The molecule has 0 bridgehead atoms. The van der Waals surface area contributed by atoms with Crippen molar-refractivity contribution < 1.29 is 9.59 Å². The smallest absolute Gasteiger partial charge is 0.256 e. The van der Waals surface area contributed by atoms with E-state index in [1.165, 1.54) is 11.3 Å². The van der Waals surface area contributed by atoms with Crippen molar-refractivity contribution in [3.63, 3.8) is 0 Å². The number of aromatic nitrogens is 3. The van der Waals surface area contributed by atoms with Crippen molar-refractivity contribution >= 4 is 39.7 Å². The average molecular weight is 420 g/mol. The summed E-state index contributed by atoms with van der Waals surface area (Å²) in [6, 6.07) is 7.74. The van der Waals surface area contributed by atoms with Crippen molar-refractivity contribution in [3.05, 3.63) is 71.4 Å². The number of carbonyl (C=O) groups excluding carboxylic acids is 2. The summed E-state index contributed by atoms with van der Waals surface area (Å²) in [6.45, 7) is 3.52. The highest BCUT2D eigenvalue weighted by Crippen LogP contribution is 2.26. The molecule has 0 saturated carbocycles. The molecule has 0 unspecified atom stereocenters. The number of likely N-dealkylation sites (N-methyl/N-ethyl adjacent to an activating group) is 1. The summed E-state index contributed by atoms with van der Waals surface area (Å²) < 4.78 is 0. The predicted octanol–water partition coefficient (Wildman–Crippen LogP) is 3.89. The zero-order chi connectivity index (χ0) is 21.5. The van der Waals surface area contributed by atoms with Crippen LogP contribution in [-0.2, 0) is 9.59 Å². The third-order valence-corrected chi connectivity index (χ3v) is 5.13. The topological polar surface area (TPSA) is 96.9 Å². The number of hydrogen-bond acceptors (Lipinski definition) is 6. The predicted molar refractivity (Wildman–Crippen MR) is 120 cm³/mol. The molecular weight excluding hydrogens is 398 g/mol. The molecule has 152 valence electrons. The minimum absolute atomic E-state index is 0.216. The first-order valence-corrected chi connectivity index (χ1v) is 10.1. The second-order valence-electron chi connectivity index (χ2n) is 6.23. The van der Waals surface area contributed by atoms with Crippen molar-refractivity contribution in [2.75, 3.05) is 12.4 Å². The van der Waals surface area contributed by atoms with E-state index in [0.29, 0.717) is 17.0 Å². The van der Waals surface area contributed by atoms with Gasteiger partial charge in [-0.15, -0.1) is 10.2 Å². The third-order valence-electron chi connectivity index (χ3n) is 4.39. The van der Waals surface area contributed by atoms with Crippen LogP contribution in [0.3, 0.4) is 0 Å². The Morgan fingerprint density at radius 1 is 1.00 bits per heavy atom. The Morgan fingerprint density at radius 2 is 1.73 bits per heavy atom. The largest absolute Gasteiger partial charge is 0.355 e. The van der Waals surface area contributed by atoms with E-state index in [-0.39, 0.29) is 11.8 Å². The molecule has 30 heavy (non-hydrogen) atoms. The molecule has 0 fully saturated rings. The van der Waals surface area contributed by atoms with E-state index in [0.717, 1.165) is 21.3 Å². The number of nitrogens with zero attached hydrogens (tertiary/aromatic N) is 3. The number of nitrogens with one attached hydrogen (secondary N) is 2. The van der Waals surface area contributed by atoms with Gasteiger partial charge in [0.25, 0.3) is 11.8 Å². The number of allylic oxidation sites excluding steroid dienone is 2. The molecule has 2 amide bonds. The minimum Gasteiger partial charge on any atom is -0.355 e. The number of hydrogen-bond donors (Lipinski definition) is 2. The minimum atomic E-state index is -0.312. The van der Waals surface area contributed by atoms with Crippen LogP contribution in [0.25, 0.3) is 21.3 Å². The van der Waals surface area contributed by atoms with Crippen LogP contribution in [0.5, 0.6) is 0 Å². The molecule has 8 heteroatoms. The van der Waals surface area contributed by atoms with Gasteiger partial charge >= 0.3 is 0 Å². The SMILES string of the molecule is C\C=C(/C=C\C(=C/C)C(=O)Nc1cc2cc(-c3nncs3)ccc2cn1)C(=O)NC. The molecule has 0 radical (unpaired) electrons. The maximum absolute atomic E-state index is 12.7. The van der Waals surface area contributed by atoms with Gasteiger partial charge < -0.3 is 10.6 Å². The first kappa shape index (κ1) is 21.1. The molecule has 0 spiro atoms. The van der Waals surface area contributed by atoms with Crippen LogP contribution in [-0.4, -0.2) is 34.0 Å². The van der Waals surface area contributed by atoms with E-state index in [2.05, 4.69) is 25.8 Å². The maximum Gasteiger partial charge on any atom is 0.256 e. The lowest BCUT2D eigenvalue weighted by molar-refractivity contribution is -0.116. The van der Waals surface area contributed by atoms with E-state index in [9.17, 15) is 9.59 Å². The number of amides is 2. The molecular formula is C22H21N5O2S. The molecule has 0 atom stereocenters. The molecule has 3 rings (SSSR count). The van der Waals surface area contributed by atoms with Crippen molar-refractivity contribution in [1.29, 1.82) is 0 Å². The van der Waals surface area contributed by atoms with Crippen LogP contribution in [0.2, 0.25) is 0 Å². The van der Waals surface area contributed by atoms with E-state index in [1.807, 2.05) is 24.3 Å². The molecule has 3 aromatic rings. The molecule has 0 saturated heterocycles. The van der Waals surface area contributed by atoms with Gasteiger partial charge in [0.1, 0.15) is 16.3 Å². The Bertz CT molecular complexity index is 1160. The third kappa shape index (κ3) is 4.84. The summed E-state index contributed by atoms with van der Waals surface area (Å²) in [4.78, 5) is 28.8. The fourth-order valence-corrected chi connectivity index (χ4v) is 3.31. The molecule has 7 nitrogen and oxygen atoms in total. The van der Waals surface area contributed by atoms with E-state index in [1.54, 1.807) is 56.9 Å². The molecule has 0 aliphatic heterocycles. The Labute approximate surface area is 178 Å². The summed E-state index contributed by atoms with van der Waals surface area (Å²) in [5.74, 6) is -0.0903. The molecule has 0 aliphatic rings. The Hall–Kier alpha value is -3.65. The standard InChI is InChI=1S/C22H21N5O2S/c1-4-14(20(28)23-3)6-7-15(5-2)21(29)26-19-11-18-10-16(22-27-25-13-30-22)8-9-17(18)12-24-19/h4-13H,1-3H3,(H,23,28)(H,24,26,29)/b7-6-,14-4+,15-5+. The van der Waals surface area contributed by atoms with E-state index < -0.39 is 0 Å². The van der Waals surface area contributed by atoms with Gasteiger partial charge in [-0.25, -0.2) is 4.98 Å². The normalized spacial score (nSPS) is 12.4. The molecule has 2 N–H and O–H groups in total. The summed E-state index contributed by atoms with van der Waals surface area (Å²) in [6.07, 6.45) is 8.28. The van der Waals surface area contributed by atoms with Crippen LogP contribution in [0.15, 0.2) is 71.4 Å². The van der Waals surface area contributed by atoms with Gasteiger partial charge in [0.15, 0.2) is 0 Å². The number of rotatable bonds is 6. The first-order chi connectivity index (χ1) is 14.5. The lowest BCUT2D eigenvalue weighted by atomic mass is 10.1. The molecule has 2 heterocycles. The highest BCUT2D eigenvalue weighted by molar-refractivity contribution is 7.12. The van der Waals surface area contributed by atoms with Crippen molar-refractivity contribution in [3.8, 4) is 10.6 Å². The highest BCUT2D eigenvalue weighted by Gasteiger charge is 2.10. The fraction of sp³-hybridized carbons (Fsp3) is 0.136. The van der Waals surface area contributed by atoms with Gasteiger partial charge in [-0.1, -0.05) is 35.6 Å². The molecule has 1 aromatic carbocycles. The summed E-state index contributed by atoms with van der Waals surface area (Å²) in [5.41, 5.74) is 3.53. The zero-order valence-corrected chi connectivity index (χ0v) is 17.7.